The molecule has 132 valence electrons. The van der Waals surface area contributed by atoms with Gasteiger partial charge < -0.3 is 9.64 Å². The number of thiophene rings is 1. The zero-order chi connectivity index (χ0) is 16.2. The average molecular weight is 366 g/mol. The normalized spacial score (nSPS) is 16.6. The topological polar surface area (TPSA) is 12.5 Å². The minimum Gasteiger partial charge on any atom is -0.496 e. The highest BCUT2D eigenvalue weighted by Gasteiger charge is 2.22. The summed E-state index contributed by atoms with van der Waals surface area (Å²) in [6.45, 7) is 4.46. The standard InChI is InChI=1S/C20H27NOS.ClH/c1-15-12-19-16(13-20(15)22-3)6-4-7-17(19)14-21(2)10-9-18-8-5-11-23-18;/h5,8,11-13,17H,4,6-7,9-10,14H2,1-3H3;1H. The molecule has 0 bridgehead atoms. The highest BCUT2D eigenvalue weighted by Crippen LogP contribution is 2.36. The Morgan fingerprint density at radius 1 is 1.33 bits per heavy atom. The van der Waals surface area contributed by atoms with Crippen LogP contribution in [0.4, 0.5) is 0 Å². The van der Waals surface area contributed by atoms with Crippen molar-refractivity contribution < 1.29 is 4.74 Å². The van der Waals surface area contributed by atoms with Gasteiger partial charge in [-0.1, -0.05) is 12.1 Å². The summed E-state index contributed by atoms with van der Waals surface area (Å²) < 4.78 is 5.50. The molecule has 2 nitrogen and oxygen atoms in total. The van der Waals surface area contributed by atoms with Crippen molar-refractivity contribution in [3.63, 3.8) is 0 Å². The van der Waals surface area contributed by atoms with Crippen molar-refractivity contribution >= 4 is 23.7 Å². The molecule has 1 aliphatic rings. The van der Waals surface area contributed by atoms with Gasteiger partial charge in [-0.25, -0.2) is 0 Å². The summed E-state index contributed by atoms with van der Waals surface area (Å²) in [6.07, 6.45) is 4.96. The Morgan fingerprint density at radius 3 is 2.88 bits per heavy atom. The van der Waals surface area contributed by atoms with Crippen molar-refractivity contribution in [2.24, 2.45) is 0 Å². The second-order valence-electron chi connectivity index (χ2n) is 6.70. The van der Waals surface area contributed by atoms with Gasteiger partial charge in [0.25, 0.3) is 0 Å². The van der Waals surface area contributed by atoms with E-state index in [9.17, 15) is 0 Å². The van der Waals surface area contributed by atoms with E-state index in [0.717, 1.165) is 25.3 Å². The number of aryl methyl sites for hydroxylation is 2. The van der Waals surface area contributed by atoms with Crippen LogP contribution in [0.3, 0.4) is 0 Å². The van der Waals surface area contributed by atoms with Crippen LogP contribution in [0.1, 0.15) is 40.3 Å². The number of fused-ring (bicyclic) bond motifs is 1. The van der Waals surface area contributed by atoms with Crippen LogP contribution in [0.15, 0.2) is 29.6 Å². The number of halogens is 1. The van der Waals surface area contributed by atoms with Crippen molar-refractivity contribution in [1.29, 1.82) is 0 Å². The molecule has 0 spiro atoms. The number of benzene rings is 1. The quantitative estimate of drug-likeness (QED) is 0.707. The molecule has 1 unspecified atom stereocenters. The number of rotatable bonds is 6. The first-order valence-electron chi connectivity index (χ1n) is 8.55. The van der Waals surface area contributed by atoms with Gasteiger partial charge in [-0.2, -0.15) is 0 Å². The molecule has 1 atom stereocenters. The number of hydrogen-bond donors (Lipinski definition) is 0. The zero-order valence-electron chi connectivity index (χ0n) is 14.9. The van der Waals surface area contributed by atoms with Gasteiger partial charge >= 0.3 is 0 Å². The third-order valence-electron chi connectivity index (χ3n) is 4.95. The average Bonchev–Trinajstić information content (AvgIpc) is 3.06. The largest absolute Gasteiger partial charge is 0.496 e. The van der Waals surface area contributed by atoms with Crippen LogP contribution in [0.25, 0.3) is 0 Å². The Hall–Kier alpha value is -1.03. The van der Waals surface area contributed by atoms with E-state index in [1.807, 2.05) is 11.3 Å². The van der Waals surface area contributed by atoms with Crippen LogP contribution >= 0.6 is 23.7 Å². The number of nitrogens with zero attached hydrogens (tertiary/aromatic N) is 1. The molecule has 0 aliphatic heterocycles. The van der Waals surface area contributed by atoms with E-state index in [2.05, 4.69) is 48.5 Å². The minimum absolute atomic E-state index is 0. The van der Waals surface area contributed by atoms with Gasteiger partial charge in [-0.15, -0.1) is 23.7 Å². The molecule has 24 heavy (non-hydrogen) atoms. The zero-order valence-corrected chi connectivity index (χ0v) is 16.5. The van der Waals surface area contributed by atoms with Gasteiger partial charge in [0.05, 0.1) is 7.11 Å². The molecule has 1 aliphatic carbocycles. The first-order valence-corrected chi connectivity index (χ1v) is 9.43. The lowest BCUT2D eigenvalue weighted by atomic mass is 9.81. The fourth-order valence-electron chi connectivity index (χ4n) is 3.68. The van der Waals surface area contributed by atoms with E-state index in [0.29, 0.717) is 5.92 Å². The van der Waals surface area contributed by atoms with E-state index in [-0.39, 0.29) is 12.4 Å². The van der Waals surface area contributed by atoms with Crippen LogP contribution in [-0.4, -0.2) is 32.1 Å². The summed E-state index contributed by atoms with van der Waals surface area (Å²) in [7, 11) is 4.03. The Bertz CT molecular complexity index is 641. The Kier molecular flexibility index (Phi) is 7.15. The fourth-order valence-corrected chi connectivity index (χ4v) is 4.37. The summed E-state index contributed by atoms with van der Waals surface area (Å²) in [6, 6.07) is 9.02. The molecule has 0 radical (unpaired) electrons. The van der Waals surface area contributed by atoms with E-state index in [4.69, 9.17) is 4.74 Å². The first-order chi connectivity index (χ1) is 11.2. The second kappa shape index (κ2) is 8.89. The summed E-state index contributed by atoms with van der Waals surface area (Å²) in [5.74, 6) is 1.70. The highest BCUT2D eigenvalue weighted by atomic mass is 35.5. The molecule has 0 fully saturated rings. The van der Waals surface area contributed by atoms with E-state index < -0.39 is 0 Å². The third kappa shape index (κ3) is 4.53. The van der Waals surface area contributed by atoms with Crippen LogP contribution in [-0.2, 0) is 12.8 Å². The molecule has 0 saturated heterocycles. The van der Waals surface area contributed by atoms with Crippen molar-refractivity contribution in [1.82, 2.24) is 4.90 Å². The molecular formula is C20H28ClNOS. The van der Waals surface area contributed by atoms with Gasteiger partial charge in [0, 0.05) is 18.0 Å². The lowest BCUT2D eigenvalue weighted by Gasteiger charge is -2.30. The molecule has 2 aromatic rings. The van der Waals surface area contributed by atoms with E-state index >= 15 is 0 Å². The lowest BCUT2D eigenvalue weighted by Crippen LogP contribution is -2.28. The second-order valence-corrected chi connectivity index (χ2v) is 7.73. The maximum Gasteiger partial charge on any atom is 0.122 e. The molecular weight excluding hydrogens is 338 g/mol. The molecule has 0 N–H and O–H groups in total. The number of ether oxygens (including phenoxy) is 1. The monoisotopic (exact) mass is 365 g/mol. The molecule has 1 heterocycles. The number of hydrogen-bond acceptors (Lipinski definition) is 3. The first kappa shape index (κ1) is 19.3. The predicted octanol–water partition coefficient (Wildman–Crippen LogP) is 5.08. The summed E-state index contributed by atoms with van der Waals surface area (Å²) in [5.41, 5.74) is 4.31. The Morgan fingerprint density at radius 2 is 2.17 bits per heavy atom. The van der Waals surface area contributed by atoms with Gasteiger partial charge in [-0.3, -0.25) is 0 Å². The molecule has 1 aromatic carbocycles. The van der Waals surface area contributed by atoms with Crippen molar-refractivity contribution in [2.45, 2.75) is 38.5 Å². The highest BCUT2D eigenvalue weighted by molar-refractivity contribution is 7.09. The fraction of sp³-hybridized carbons (Fsp3) is 0.500. The molecule has 0 saturated carbocycles. The molecule has 1 aromatic heterocycles. The molecule has 4 heteroatoms. The lowest BCUT2D eigenvalue weighted by molar-refractivity contribution is 0.301. The maximum absolute atomic E-state index is 5.50. The van der Waals surface area contributed by atoms with Gasteiger partial charge in [0.15, 0.2) is 0 Å². The Labute approximate surface area is 156 Å². The summed E-state index contributed by atoms with van der Waals surface area (Å²) in [5, 5.41) is 2.17. The SMILES string of the molecule is COc1cc2c(cc1C)C(CN(C)CCc1cccs1)CCC2.Cl. The minimum atomic E-state index is 0. The van der Waals surface area contributed by atoms with E-state index in [1.165, 1.54) is 35.3 Å². The van der Waals surface area contributed by atoms with Gasteiger partial charge in [0.2, 0.25) is 0 Å². The smallest absolute Gasteiger partial charge is 0.122 e. The maximum atomic E-state index is 5.50. The molecule has 3 rings (SSSR count). The van der Waals surface area contributed by atoms with Crippen LogP contribution in [0.2, 0.25) is 0 Å². The summed E-state index contributed by atoms with van der Waals surface area (Å²) in [4.78, 5) is 3.99. The number of methoxy groups -OCH3 is 1. The van der Waals surface area contributed by atoms with Crippen LogP contribution in [0, 0.1) is 6.92 Å². The van der Waals surface area contributed by atoms with E-state index in [1.54, 1.807) is 12.7 Å². The van der Waals surface area contributed by atoms with Gasteiger partial charge in [-0.05, 0) is 79.8 Å². The van der Waals surface area contributed by atoms with Crippen molar-refractivity contribution in [3.8, 4) is 5.75 Å². The van der Waals surface area contributed by atoms with Crippen LogP contribution in [0.5, 0.6) is 5.75 Å². The van der Waals surface area contributed by atoms with Crippen LogP contribution < -0.4 is 4.74 Å². The number of likely N-dealkylation sites (N-methyl/N-ethyl adjacent to an activating group) is 1. The predicted molar refractivity (Wildman–Crippen MR) is 106 cm³/mol. The van der Waals surface area contributed by atoms with Gasteiger partial charge in [0.1, 0.15) is 5.75 Å². The Balaban J connectivity index is 0.00000208. The van der Waals surface area contributed by atoms with Crippen molar-refractivity contribution in [2.75, 3.05) is 27.2 Å². The summed E-state index contributed by atoms with van der Waals surface area (Å²) >= 11 is 1.87. The third-order valence-corrected chi connectivity index (χ3v) is 5.88. The molecule has 0 amide bonds. The van der Waals surface area contributed by atoms with Crippen molar-refractivity contribution in [3.05, 3.63) is 51.2 Å².